The molecule has 0 N–H and O–H groups in total. The van der Waals surface area contributed by atoms with Crippen LogP contribution in [0.25, 0.3) is 0 Å². The van der Waals surface area contributed by atoms with Crippen LogP contribution in [0.2, 0.25) is 0 Å². The summed E-state index contributed by atoms with van der Waals surface area (Å²) in [7, 11) is 0. The third-order valence-electron chi connectivity index (χ3n) is 6.98. The van der Waals surface area contributed by atoms with Gasteiger partial charge in [-0.25, -0.2) is 4.79 Å². The van der Waals surface area contributed by atoms with E-state index in [4.69, 9.17) is 4.74 Å². The summed E-state index contributed by atoms with van der Waals surface area (Å²) in [5.41, 5.74) is 8.54. The summed E-state index contributed by atoms with van der Waals surface area (Å²) in [4.78, 5) is 14.2. The Hall–Kier alpha value is -4.89. The first-order valence-corrected chi connectivity index (χ1v) is 13.5. The van der Waals surface area contributed by atoms with Crippen molar-refractivity contribution in [2.24, 2.45) is 0 Å². The van der Waals surface area contributed by atoms with Crippen molar-refractivity contribution in [2.75, 3.05) is 4.90 Å². The van der Waals surface area contributed by atoms with Crippen molar-refractivity contribution < 1.29 is 9.53 Å². The van der Waals surface area contributed by atoms with E-state index in [9.17, 15) is 4.79 Å². The van der Waals surface area contributed by atoms with Crippen molar-refractivity contribution in [1.82, 2.24) is 0 Å². The quantitative estimate of drug-likeness (QED) is 0.109. The Bertz CT molecular complexity index is 1520. The first-order chi connectivity index (χ1) is 19.5. The molecule has 0 radical (unpaired) electrons. The fourth-order valence-corrected chi connectivity index (χ4v) is 4.81. The number of rotatable bonds is 9. The molecular weight excluding hydrogens is 490 g/mol. The van der Waals surface area contributed by atoms with Gasteiger partial charge in [0.15, 0.2) is 0 Å². The van der Waals surface area contributed by atoms with Gasteiger partial charge in [-0.05, 0) is 85.5 Å². The zero-order valence-electron chi connectivity index (χ0n) is 23.0. The normalized spacial score (nSPS) is 10.8. The maximum atomic E-state index is 12.0. The van der Waals surface area contributed by atoms with E-state index in [2.05, 4.69) is 128 Å². The molecule has 3 heteroatoms. The number of aryl methyl sites for hydroxylation is 1. The first-order valence-electron chi connectivity index (χ1n) is 13.5. The molecule has 0 amide bonds. The Labute approximate surface area is 237 Å². The minimum Gasteiger partial charge on any atom is -0.423 e. The lowest BCUT2D eigenvalue weighted by Gasteiger charge is -2.26. The lowest BCUT2D eigenvalue weighted by molar-refractivity contribution is -0.130. The third-order valence-corrected chi connectivity index (χ3v) is 6.98. The second kappa shape index (κ2) is 12.3. The molecule has 5 aromatic carbocycles. The van der Waals surface area contributed by atoms with E-state index in [0.717, 1.165) is 23.5 Å². The number of benzene rings is 5. The zero-order chi connectivity index (χ0) is 27.9. The molecule has 0 atom stereocenters. The minimum absolute atomic E-state index is 0.274. The molecule has 0 saturated heterocycles. The van der Waals surface area contributed by atoms with Gasteiger partial charge < -0.3 is 9.64 Å². The van der Waals surface area contributed by atoms with Crippen LogP contribution in [0.1, 0.15) is 35.1 Å². The highest BCUT2D eigenvalue weighted by molar-refractivity contribution is 5.89. The molecule has 5 rings (SSSR count). The molecule has 3 nitrogen and oxygen atoms in total. The molecule has 0 aliphatic rings. The summed E-state index contributed by atoms with van der Waals surface area (Å²) in [5, 5.41) is 0. The fourth-order valence-electron chi connectivity index (χ4n) is 4.81. The second-order valence-electron chi connectivity index (χ2n) is 10.1. The Morgan fingerprint density at radius 3 is 1.60 bits per heavy atom. The summed E-state index contributed by atoms with van der Waals surface area (Å²) in [6.45, 7) is 7.39. The van der Waals surface area contributed by atoms with Crippen LogP contribution in [0.4, 0.5) is 17.1 Å². The van der Waals surface area contributed by atoms with Crippen LogP contribution < -0.4 is 9.64 Å². The average Bonchev–Trinajstić information content (AvgIpc) is 2.99. The molecule has 0 heterocycles. The van der Waals surface area contributed by atoms with Crippen LogP contribution in [-0.4, -0.2) is 5.97 Å². The molecule has 0 aromatic heterocycles. The van der Waals surface area contributed by atoms with Gasteiger partial charge >= 0.3 is 5.97 Å². The Morgan fingerprint density at radius 2 is 1.12 bits per heavy atom. The number of carbonyl (C=O) groups is 1. The summed E-state index contributed by atoms with van der Waals surface area (Å²) in [6.07, 6.45) is 0.904. The highest BCUT2D eigenvalue weighted by Crippen LogP contribution is 2.36. The van der Waals surface area contributed by atoms with E-state index < -0.39 is 5.97 Å². The maximum absolute atomic E-state index is 12.0. The number of hydrogen-bond acceptors (Lipinski definition) is 3. The smallest absolute Gasteiger partial charge is 0.338 e. The van der Waals surface area contributed by atoms with Crippen LogP contribution in [0.3, 0.4) is 0 Å². The Balaban J connectivity index is 1.45. The van der Waals surface area contributed by atoms with E-state index >= 15 is 0 Å². The molecule has 0 fully saturated rings. The third kappa shape index (κ3) is 6.39. The van der Waals surface area contributed by atoms with E-state index in [0.29, 0.717) is 11.3 Å². The number of hydrogen-bond donors (Lipinski definition) is 0. The molecule has 0 aliphatic heterocycles. The molecule has 0 aliphatic carbocycles. The van der Waals surface area contributed by atoms with Crippen molar-refractivity contribution >= 4 is 23.0 Å². The van der Waals surface area contributed by atoms with Gasteiger partial charge in [0.2, 0.25) is 0 Å². The number of esters is 1. The summed E-state index contributed by atoms with van der Waals surface area (Å²) in [6, 6.07) is 46.3. The fraction of sp³-hybridized carbons (Fsp3) is 0.108. The number of anilines is 3. The van der Waals surface area contributed by atoms with Gasteiger partial charge in [0.1, 0.15) is 5.75 Å². The number of ether oxygens (including phenoxy) is 1. The largest absolute Gasteiger partial charge is 0.423 e. The van der Waals surface area contributed by atoms with E-state index in [1.54, 1.807) is 6.92 Å². The van der Waals surface area contributed by atoms with Crippen LogP contribution in [-0.2, 0) is 11.2 Å². The van der Waals surface area contributed by atoms with Crippen molar-refractivity contribution in [3.63, 3.8) is 0 Å². The standard InChI is InChI=1S/C37H33NO2/c1-27(2)37(39)40-35-24-22-34(23-25-35)38(32-18-14-28(3)15-19-32)33-20-16-29(17-21-33)26-36(30-10-6-4-7-11-30)31-12-8-5-9-13-31/h4-25,36H,1,26H2,2-3H3. The Kier molecular flexibility index (Phi) is 8.22. The van der Waals surface area contributed by atoms with Gasteiger partial charge in [-0.3, -0.25) is 0 Å². The van der Waals surface area contributed by atoms with Gasteiger partial charge in [-0.1, -0.05) is 97.1 Å². The number of nitrogens with zero attached hydrogens (tertiary/aromatic N) is 1. The average molecular weight is 524 g/mol. The lowest BCUT2D eigenvalue weighted by atomic mass is 9.86. The second-order valence-corrected chi connectivity index (χ2v) is 10.1. The van der Waals surface area contributed by atoms with Gasteiger partial charge in [-0.2, -0.15) is 0 Å². The van der Waals surface area contributed by atoms with E-state index in [-0.39, 0.29) is 5.92 Å². The van der Waals surface area contributed by atoms with Crippen molar-refractivity contribution in [2.45, 2.75) is 26.2 Å². The van der Waals surface area contributed by atoms with Crippen LogP contribution >= 0.6 is 0 Å². The summed E-state index contributed by atoms with van der Waals surface area (Å²) >= 11 is 0. The molecule has 198 valence electrons. The van der Waals surface area contributed by atoms with Gasteiger partial charge in [0.05, 0.1) is 0 Å². The predicted octanol–water partition coefficient (Wildman–Crippen LogP) is 9.32. The van der Waals surface area contributed by atoms with E-state index in [1.807, 2.05) is 24.3 Å². The van der Waals surface area contributed by atoms with Crippen molar-refractivity contribution in [3.8, 4) is 5.75 Å². The molecule has 5 aromatic rings. The topological polar surface area (TPSA) is 29.5 Å². The monoisotopic (exact) mass is 523 g/mol. The van der Waals surface area contributed by atoms with Crippen molar-refractivity contribution in [3.05, 3.63) is 168 Å². The predicted molar refractivity (Wildman–Crippen MR) is 165 cm³/mol. The highest BCUT2D eigenvalue weighted by Gasteiger charge is 2.17. The molecule has 0 unspecified atom stereocenters. The minimum atomic E-state index is -0.428. The molecule has 0 bridgehead atoms. The van der Waals surface area contributed by atoms with E-state index in [1.165, 1.54) is 22.3 Å². The molecule has 0 saturated carbocycles. The molecular formula is C37H33NO2. The SMILES string of the molecule is C=C(C)C(=O)Oc1ccc(N(c2ccc(C)cc2)c2ccc(CC(c3ccccc3)c3ccccc3)cc2)cc1. The summed E-state index contributed by atoms with van der Waals surface area (Å²) < 4.78 is 5.41. The van der Waals surface area contributed by atoms with Crippen LogP contribution in [0.5, 0.6) is 5.75 Å². The van der Waals surface area contributed by atoms with Gasteiger partial charge in [-0.15, -0.1) is 0 Å². The first kappa shape index (κ1) is 26.7. The highest BCUT2D eigenvalue weighted by atomic mass is 16.5. The Morgan fingerprint density at radius 1 is 0.675 bits per heavy atom. The lowest BCUT2D eigenvalue weighted by Crippen LogP contribution is -2.11. The van der Waals surface area contributed by atoms with Gasteiger partial charge in [0, 0.05) is 28.6 Å². The van der Waals surface area contributed by atoms with Crippen LogP contribution in [0.15, 0.2) is 146 Å². The van der Waals surface area contributed by atoms with Crippen LogP contribution in [0, 0.1) is 6.92 Å². The van der Waals surface area contributed by atoms with Crippen molar-refractivity contribution in [1.29, 1.82) is 0 Å². The zero-order valence-corrected chi connectivity index (χ0v) is 23.0. The maximum Gasteiger partial charge on any atom is 0.338 e. The number of carbonyl (C=O) groups excluding carboxylic acids is 1. The van der Waals surface area contributed by atoms with Gasteiger partial charge in [0.25, 0.3) is 0 Å². The summed E-state index contributed by atoms with van der Waals surface area (Å²) in [5.74, 6) is 0.336. The molecule has 0 spiro atoms. The molecule has 40 heavy (non-hydrogen) atoms.